The van der Waals surface area contributed by atoms with Gasteiger partial charge in [0, 0.05) is 32.7 Å². The van der Waals surface area contributed by atoms with Gasteiger partial charge in [-0.3, -0.25) is 0 Å². The summed E-state index contributed by atoms with van der Waals surface area (Å²) in [6.45, 7) is 1.29. The second-order valence-electron chi connectivity index (χ2n) is 5.55. The molecule has 0 atom stereocenters. The number of hydrogen-bond acceptors (Lipinski definition) is 5. The molecule has 0 amide bonds. The molecule has 1 aromatic carbocycles. The van der Waals surface area contributed by atoms with Gasteiger partial charge in [-0.2, -0.15) is 0 Å². The quantitative estimate of drug-likeness (QED) is 0.760. The van der Waals surface area contributed by atoms with Crippen LogP contribution in [0.1, 0.15) is 12.8 Å². The first-order chi connectivity index (χ1) is 9.82. The van der Waals surface area contributed by atoms with Gasteiger partial charge in [0.05, 0.1) is 10.6 Å². The third-order valence-corrected chi connectivity index (χ3v) is 5.45. The first-order valence-electron chi connectivity index (χ1n) is 6.97. The Morgan fingerprint density at radius 2 is 1.95 bits per heavy atom. The lowest BCUT2D eigenvalue weighted by Gasteiger charge is -2.17. The lowest BCUT2D eigenvalue weighted by molar-refractivity contribution is 0.232. The van der Waals surface area contributed by atoms with Crippen molar-refractivity contribution in [2.45, 2.75) is 23.8 Å². The number of ether oxygens (including phenoxy) is 1. The Kier molecular flexibility index (Phi) is 4.75. The minimum Gasteiger partial charge on any atom is -0.490 e. The minimum atomic E-state index is -3.47. The smallest absolute Gasteiger partial charge is 0.242 e. The Labute approximate surface area is 126 Å². The van der Waals surface area contributed by atoms with Gasteiger partial charge < -0.3 is 15.4 Å². The molecule has 1 fully saturated rings. The SMILES string of the molecule is CN(CCOc1cc(S(=O)(=O)N(C)C)ccc1N)C1CC1. The zero-order valence-electron chi connectivity index (χ0n) is 12.7. The number of hydrogen-bond donors (Lipinski definition) is 1. The van der Waals surface area contributed by atoms with Crippen molar-refractivity contribution < 1.29 is 13.2 Å². The molecule has 0 spiro atoms. The number of benzene rings is 1. The van der Waals surface area contributed by atoms with Crippen molar-refractivity contribution in [3.8, 4) is 5.75 Å². The van der Waals surface area contributed by atoms with Gasteiger partial charge in [0.15, 0.2) is 0 Å². The van der Waals surface area contributed by atoms with E-state index in [1.54, 1.807) is 6.07 Å². The highest BCUT2D eigenvalue weighted by atomic mass is 32.2. The molecule has 1 aliphatic carbocycles. The monoisotopic (exact) mass is 313 g/mol. The lowest BCUT2D eigenvalue weighted by Crippen LogP contribution is -2.26. The van der Waals surface area contributed by atoms with E-state index in [0.717, 1.165) is 6.54 Å². The van der Waals surface area contributed by atoms with Crippen LogP contribution in [0.15, 0.2) is 23.1 Å². The largest absolute Gasteiger partial charge is 0.490 e. The highest BCUT2D eigenvalue weighted by Gasteiger charge is 2.25. The number of nitrogens with two attached hydrogens (primary N) is 1. The van der Waals surface area contributed by atoms with Crippen LogP contribution >= 0.6 is 0 Å². The average Bonchev–Trinajstić information content (AvgIpc) is 3.24. The highest BCUT2D eigenvalue weighted by Crippen LogP contribution is 2.27. The Hall–Kier alpha value is -1.31. The van der Waals surface area contributed by atoms with Crippen molar-refractivity contribution >= 4 is 15.7 Å². The van der Waals surface area contributed by atoms with Crippen molar-refractivity contribution in [3.05, 3.63) is 18.2 Å². The van der Waals surface area contributed by atoms with Crippen molar-refractivity contribution in [3.63, 3.8) is 0 Å². The van der Waals surface area contributed by atoms with Crippen LogP contribution in [0.5, 0.6) is 5.75 Å². The normalized spacial score (nSPS) is 15.7. The fourth-order valence-electron chi connectivity index (χ4n) is 2.01. The fourth-order valence-corrected chi connectivity index (χ4v) is 2.93. The van der Waals surface area contributed by atoms with Crippen LogP contribution in [0.4, 0.5) is 5.69 Å². The van der Waals surface area contributed by atoms with Gasteiger partial charge >= 0.3 is 0 Å². The number of anilines is 1. The molecule has 0 bridgehead atoms. The zero-order valence-corrected chi connectivity index (χ0v) is 13.6. The van der Waals surface area contributed by atoms with Gasteiger partial charge in [0.25, 0.3) is 0 Å². The summed E-state index contributed by atoms with van der Waals surface area (Å²) in [7, 11) is 1.59. The van der Waals surface area contributed by atoms with E-state index in [1.165, 1.54) is 43.4 Å². The maximum Gasteiger partial charge on any atom is 0.242 e. The molecular formula is C14H23N3O3S. The van der Waals surface area contributed by atoms with Crippen LogP contribution in [0.3, 0.4) is 0 Å². The maximum atomic E-state index is 12.1. The second-order valence-corrected chi connectivity index (χ2v) is 7.70. The van der Waals surface area contributed by atoms with Crippen LogP contribution in [-0.2, 0) is 10.0 Å². The standard InChI is InChI=1S/C14H23N3O3S/c1-16(2)21(18,19)12-6-7-13(15)14(10-12)20-9-8-17(3)11-4-5-11/h6-7,10-11H,4-5,8-9,15H2,1-3H3. The van der Waals surface area contributed by atoms with Crippen molar-refractivity contribution in [1.82, 2.24) is 9.21 Å². The fraction of sp³-hybridized carbons (Fsp3) is 0.571. The van der Waals surface area contributed by atoms with Crippen molar-refractivity contribution in [2.24, 2.45) is 0 Å². The van der Waals surface area contributed by atoms with Crippen molar-refractivity contribution in [1.29, 1.82) is 0 Å². The van der Waals surface area contributed by atoms with Crippen LogP contribution < -0.4 is 10.5 Å². The van der Waals surface area contributed by atoms with E-state index in [4.69, 9.17) is 10.5 Å². The molecule has 0 unspecified atom stereocenters. The van der Waals surface area contributed by atoms with Gasteiger partial charge in [-0.1, -0.05) is 0 Å². The molecule has 0 heterocycles. The van der Waals surface area contributed by atoms with Crippen LogP contribution in [0.25, 0.3) is 0 Å². The Balaban J connectivity index is 2.05. The van der Waals surface area contributed by atoms with Gasteiger partial charge in [-0.05, 0) is 32.0 Å². The number of sulfonamides is 1. The van der Waals surface area contributed by atoms with Crippen LogP contribution in [-0.4, -0.2) is 58.0 Å². The van der Waals surface area contributed by atoms with Gasteiger partial charge in [-0.25, -0.2) is 12.7 Å². The van der Waals surface area contributed by atoms with Gasteiger partial charge in [0.1, 0.15) is 12.4 Å². The van der Waals surface area contributed by atoms with Gasteiger partial charge in [-0.15, -0.1) is 0 Å². The summed E-state index contributed by atoms with van der Waals surface area (Å²) in [5, 5.41) is 0. The summed E-state index contributed by atoms with van der Waals surface area (Å²) in [4.78, 5) is 2.43. The van der Waals surface area contributed by atoms with Crippen LogP contribution in [0, 0.1) is 0 Å². The molecule has 1 saturated carbocycles. The maximum absolute atomic E-state index is 12.1. The van der Waals surface area contributed by atoms with E-state index < -0.39 is 10.0 Å². The molecule has 0 aliphatic heterocycles. The molecule has 21 heavy (non-hydrogen) atoms. The average molecular weight is 313 g/mol. The third kappa shape index (κ3) is 3.87. The molecule has 6 nitrogen and oxygen atoms in total. The van der Waals surface area contributed by atoms with E-state index in [-0.39, 0.29) is 4.90 Å². The second kappa shape index (κ2) is 6.21. The zero-order chi connectivity index (χ0) is 15.6. The molecule has 1 aliphatic rings. The minimum absolute atomic E-state index is 0.187. The summed E-state index contributed by atoms with van der Waals surface area (Å²) in [6.07, 6.45) is 2.49. The molecule has 0 aromatic heterocycles. The lowest BCUT2D eigenvalue weighted by atomic mass is 10.3. The summed E-state index contributed by atoms with van der Waals surface area (Å²) in [5.74, 6) is 0.419. The van der Waals surface area contributed by atoms with E-state index in [0.29, 0.717) is 24.1 Å². The van der Waals surface area contributed by atoms with Crippen LogP contribution in [0.2, 0.25) is 0 Å². The highest BCUT2D eigenvalue weighted by molar-refractivity contribution is 7.89. The predicted molar refractivity (Wildman–Crippen MR) is 82.9 cm³/mol. The van der Waals surface area contributed by atoms with E-state index in [1.807, 2.05) is 0 Å². The predicted octanol–water partition coefficient (Wildman–Crippen LogP) is 0.992. The summed E-state index contributed by atoms with van der Waals surface area (Å²) >= 11 is 0. The number of rotatable bonds is 7. The van der Waals surface area contributed by atoms with E-state index in [2.05, 4.69) is 11.9 Å². The molecule has 0 radical (unpaired) electrons. The van der Waals surface area contributed by atoms with E-state index >= 15 is 0 Å². The van der Waals surface area contributed by atoms with Gasteiger partial charge in [0.2, 0.25) is 10.0 Å². The Bertz CT molecular complexity index is 597. The summed E-state index contributed by atoms with van der Waals surface area (Å²) < 4.78 is 31.0. The molecule has 7 heteroatoms. The summed E-state index contributed by atoms with van der Waals surface area (Å²) in [5.41, 5.74) is 6.30. The molecule has 0 saturated heterocycles. The Morgan fingerprint density at radius 1 is 1.29 bits per heavy atom. The molecular weight excluding hydrogens is 290 g/mol. The van der Waals surface area contributed by atoms with E-state index in [9.17, 15) is 8.42 Å². The number of nitrogen functional groups attached to an aromatic ring is 1. The first kappa shape index (κ1) is 16.1. The molecule has 2 N–H and O–H groups in total. The molecule has 118 valence electrons. The molecule has 1 aromatic rings. The number of nitrogens with zero attached hydrogens (tertiary/aromatic N) is 2. The summed E-state index contributed by atoms with van der Waals surface area (Å²) in [6, 6.07) is 5.22. The Morgan fingerprint density at radius 3 is 2.52 bits per heavy atom. The topological polar surface area (TPSA) is 75.9 Å². The van der Waals surface area contributed by atoms with Crippen molar-refractivity contribution in [2.75, 3.05) is 40.0 Å². The number of likely N-dealkylation sites (N-methyl/N-ethyl adjacent to an activating group) is 1. The first-order valence-corrected chi connectivity index (χ1v) is 8.41. The third-order valence-electron chi connectivity index (χ3n) is 3.64. The molecule has 2 rings (SSSR count).